The molecule has 0 aromatic heterocycles. The van der Waals surface area contributed by atoms with E-state index >= 15 is 0 Å². The standard InChI is InChI=1S/C18H23ClN2O4/c1-25-17(23)7-3-2-4-10-20-18(24)14-9-8-13(19)12-15(14)21-11-5-6-16(21)22/h8-9,12H,2-7,10-11H2,1H3,(H,20,24). The Kier molecular flexibility index (Phi) is 7.25. The van der Waals surface area contributed by atoms with E-state index in [1.807, 2.05) is 0 Å². The van der Waals surface area contributed by atoms with Crippen molar-refractivity contribution in [3.8, 4) is 0 Å². The zero-order valence-corrected chi connectivity index (χ0v) is 15.1. The van der Waals surface area contributed by atoms with Gasteiger partial charge in [0, 0.05) is 31.0 Å². The Morgan fingerprint density at radius 3 is 2.76 bits per heavy atom. The number of hydrogen-bond acceptors (Lipinski definition) is 4. The molecule has 0 atom stereocenters. The van der Waals surface area contributed by atoms with E-state index < -0.39 is 0 Å². The molecule has 1 aromatic rings. The predicted octanol–water partition coefficient (Wildman–Crippen LogP) is 2.93. The van der Waals surface area contributed by atoms with Crippen molar-refractivity contribution in [2.45, 2.75) is 38.5 Å². The molecule has 1 aliphatic heterocycles. The van der Waals surface area contributed by atoms with Crippen LogP contribution in [0, 0.1) is 0 Å². The van der Waals surface area contributed by atoms with Crippen LogP contribution in [0.25, 0.3) is 0 Å². The number of ether oxygens (including phenoxy) is 1. The average Bonchev–Trinajstić information content (AvgIpc) is 3.03. The summed E-state index contributed by atoms with van der Waals surface area (Å²) in [7, 11) is 1.37. The zero-order valence-electron chi connectivity index (χ0n) is 14.3. The third-order valence-electron chi connectivity index (χ3n) is 4.14. The third-order valence-corrected chi connectivity index (χ3v) is 4.37. The van der Waals surface area contributed by atoms with Gasteiger partial charge in [0.2, 0.25) is 5.91 Å². The van der Waals surface area contributed by atoms with Crippen LogP contribution in [-0.4, -0.2) is 38.0 Å². The summed E-state index contributed by atoms with van der Waals surface area (Å²) < 4.78 is 4.58. The fourth-order valence-corrected chi connectivity index (χ4v) is 2.96. The molecule has 1 N–H and O–H groups in total. The predicted molar refractivity (Wildman–Crippen MR) is 95.9 cm³/mol. The molecule has 2 rings (SSSR count). The van der Waals surface area contributed by atoms with Gasteiger partial charge in [-0.3, -0.25) is 14.4 Å². The van der Waals surface area contributed by atoms with Crippen molar-refractivity contribution < 1.29 is 19.1 Å². The highest BCUT2D eigenvalue weighted by Crippen LogP contribution is 2.28. The zero-order chi connectivity index (χ0) is 18.2. The van der Waals surface area contributed by atoms with Crippen LogP contribution >= 0.6 is 11.6 Å². The van der Waals surface area contributed by atoms with Crippen LogP contribution in [-0.2, 0) is 14.3 Å². The summed E-state index contributed by atoms with van der Waals surface area (Å²) in [4.78, 5) is 37.1. The molecule has 0 aliphatic carbocycles. The summed E-state index contributed by atoms with van der Waals surface area (Å²) >= 11 is 6.04. The van der Waals surface area contributed by atoms with Crippen LogP contribution in [0.1, 0.15) is 48.9 Å². The van der Waals surface area contributed by atoms with E-state index in [0.717, 1.165) is 25.7 Å². The van der Waals surface area contributed by atoms with Crippen LogP contribution in [0.2, 0.25) is 5.02 Å². The number of halogens is 1. The average molecular weight is 367 g/mol. The minimum atomic E-state index is -0.223. The molecule has 1 aromatic carbocycles. The fourth-order valence-electron chi connectivity index (χ4n) is 2.79. The fraction of sp³-hybridized carbons (Fsp3) is 0.500. The Labute approximate surface area is 152 Å². The number of unbranched alkanes of at least 4 members (excludes halogenated alkanes) is 2. The van der Waals surface area contributed by atoms with Crippen molar-refractivity contribution in [3.63, 3.8) is 0 Å². The highest BCUT2D eigenvalue weighted by atomic mass is 35.5. The number of esters is 1. The second-order valence-corrected chi connectivity index (χ2v) is 6.39. The van der Waals surface area contributed by atoms with Crippen LogP contribution in [0.3, 0.4) is 0 Å². The lowest BCUT2D eigenvalue weighted by Crippen LogP contribution is -2.30. The molecular formula is C18H23ClN2O4. The summed E-state index contributed by atoms with van der Waals surface area (Å²) in [5.74, 6) is -0.427. The van der Waals surface area contributed by atoms with Crippen molar-refractivity contribution in [2.24, 2.45) is 0 Å². The Morgan fingerprint density at radius 1 is 1.28 bits per heavy atom. The smallest absolute Gasteiger partial charge is 0.305 e. The molecule has 1 heterocycles. The second-order valence-electron chi connectivity index (χ2n) is 5.95. The van der Waals surface area contributed by atoms with Gasteiger partial charge in [-0.2, -0.15) is 0 Å². The summed E-state index contributed by atoms with van der Waals surface area (Å²) in [5, 5.41) is 3.36. The molecular weight excluding hydrogens is 344 g/mol. The number of hydrogen-bond donors (Lipinski definition) is 1. The van der Waals surface area contributed by atoms with Crippen molar-refractivity contribution in [1.82, 2.24) is 5.32 Å². The van der Waals surface area contributed by atoms with Gasteiger partial charge in [0.05, 0.1) is 18.4 Å². The molecule has 0 radical (unpaired) electrons. The molecule has 1 aliphatic rings. The number of anilines is 1. The molecule has 7 heteroatoms. The van der Waals surface area contributed by atoms with E-state index in [4.69, 9.17) is 11.6 Å². The largest absolute Gasteiger partial charge is 0.469 e. The van der Waals surface area contributed by atoms with Crippen LogP contribution in [0.5, 0.6) is 0 Å². The molecule has 2 amide bonds. The van der Waals surface area contributed by atoms with E-state index in [1.54, 1.807) is 23.1 Å². The molecule has 25 heavy (non-hydrogen) atoms. The maximum absolute atomic E-state index is 12.5. The quantitative estimate of drug-likeness (QED) is 0.567. The number of rotatable bonds is 8. The van der Waals surface area contributed by atoms with E-state index in [9.17, 15) is 14.4 Å². The van der Waals surface area contributed by atoms with Crippen molar-refractivity contribution in [3.05, 3.63) is 28.8 Å². The van der Waals surface area contributed by atoms with Gasteiger partial charge in [-0.1, -0.05) is 18.0 Å². The first-order chi connectivity index (χ1) is 12.0. The normalized spacial score (nSPS) is 13.8. The highest BCUT2D eigenvalue weighted by Gasteiger charge is 2.26. The molecule has 0 spiro atoms. The van der Waals surface area contributed by atoms with E-state index in [1.165, 1.54) is 7.11 Å². The lowest BCUT2D eigenvalue weighted by atomic mass is 10.1. The summed E-state index contributed by atoms with van der Waals surface area (Å²) in [6.07, 6.45) is 4.00. The first-order valence-corrected chi connectivity index (χ1v) is 8.85. The lowest BCUT2D eigenvalue weighted by Gasteiger charge is -2.19. The number of amides is 2. The Hall–Kier alpha value is -2.08. The Balaban J connectivity index is 1.89. The number of carbonyl (C=O) groups is 3. The molecule has 1 fully saturated rings. The molecule has 0 bridgehead atoms. The Morgan fingerprint density at radius 2 is 2.08 bits per heavy atom. The van der Waals surface area contributed by atoms with Gasteiger partial charge in [0.25, 0.3) is 5.91 Å². The SMILES string of the molecule is COC(=O)CCCCCNC(=O)c1ccc(Cl)cc1N1CCCC1=O. The number of methoxy groups -OCH3 is 1. The van der Waals surface area contributed by atoms with Gasteiger partial charge in [-0.05, 0) is 37.5 Å². The first-order valence-electron chi connectivity index (χ1n) is 8.48. The second kappa shape index (κ2) is 9.42. The maximum atomic E-state index is 12.5. The summed E-state index contributed by atoms with van der Waals surface area (Å²) in [6.45, 7) is 1.11. The number of nitrogens with one attached hydrogen (secondary N) is 1. The van der Waals surface area contributed by atoms with Gasteiger partial charge >= 0.3 is 5.97 Å². The van der Waals surface area contributed by atoms with E-state index in [0.29, 0.717) is 42.2 Å². The van der Waals surface area contributed by atoms with Gasteiger partial charge in [-0.15, -0.1) is 0 Å². The number of nitrogens with zero attached hydrogens (tertiary/aromatic N) is 1. The summed E-state index contributed by atoms with van der Waals surface area (Å²) in [6, 6.07) is 4.96. The monoisotopic (exact) mass is 366 g/mol. The maximum Gasteiger partial charge on any atom is 0.305 e. The van der Waals surface area contributed by atoms with Gasteiger partial charge in [-0.25, -0.2) is 0 Å². The minimum absolute atomic E-state index is 0.0131. The van der Waals surface area contributed by atoms with Crippen molar-refractivity contribution >= 4 is 35.1 Å². The third kappa shape index (κ3) is 5.46. The Bertz CT molecular complexity index is 648. The van der Waals surface area contributed by atoms with Crippen LogP contribution in [0.15, 0.2) is 18.2 Å². The van der Waals surface area contributed by atoms with Crippen molar-refractivity contribution in [1.29, 1.82) is 0 Å². The van der Waals surface area contributed by atoms with Crippen molar-refractivity contribution in [2.75, 3.05) is 25.1 Å². The summed E-state index contributed by atoms with van der Waals surface area (Å²) in [5.41, 5.74) is 1.02. The highest BCUT2D eigenvalue weighted by molar-refractivity contribution is 6.31. The molecule has 6 nitrogen and oxygen atoms in total. The van der Waals surface area contributed by atoms with Crippen LogP contribution in [0.4, 0.5) is 5.69 Å². The first kappa shape index (κ1) is 19.2. The van der Waals surface area contributed by atoms with E-state index in [2.05, 4.69) is 10.1 Å². The van der Waals surface area contributed by atoms with Gasteiger partial charge in [0.1, 0.15) is 0 Å². The van der Waals surface area contributed by atoms with Gasteiger partial charge < -0.3 is 15.0 Å². The van der Waals surface area contributed by atoms with E-state index in [-0.39, 0.29) is 17.8 Å². The van der Waals surface area contributed by atoms with Gasteiger partial charge in [0.15, 0.2) is 0 Å². The lowest BCUT2D eigenvalue weighted by molar-refractivity contribution is -0.140. The topological polar surface area (TPSA) is 75.7 Å². The molecule has 1 saturated heterocycles. The molecule has 0 unspecified atom stereocenters. The minimum Gasteiger partial charge on any atom is -0.469 e. The molecule has 136 valence electrons. The van der Waals surface area contributed by atoms with Crippen LogP contribution < -0.4 is 10.2 Å². The number of carbonyl (C=O) groups excluding carboxylic acids is 3. The number of benzene rings is 1. The molecule has 0 saturated carbocycles.